The minimum atomic E-state index is 0.528. The predicted molar refractivity (Wildman–Crippen MR) is 77.3 cm³/mol. The van der Waals surface area contributed by atoms with Gasteiger partial charge in [0.15, 0.2) is 5.82 Å². The van der Waals surface area contributed by atoms with Gasteiger partial charge in [-0.3, -0.25) is 0 Å². The average Bonchev–Trinajstić information content (AvgIpc) is 2.71. The Balaban J connectivity index is 2.20. The molecule has 0 amide bonds. The molecule has 0 bridgehead atoms. The fourth-order valence-electron chi connectivity index (χ4n) is 1.84. The second-order valence-electron chi connectivity index (χ2n) is 4.28. The van der Waals surface area contributed by atoms with Gasteiger partial charge in [0.1, 0.15) is 9.98 Å². The molecule has 0 saturated heterocycles. The number of thiophene rings is 1. The van der Waals surface area contributed by atoms with Crippen molar-refractivity contribution in [3.8, 4) is 11.4 Å². The maximum atomic E-state index is 6.21. The molecule has 0 radical (unpaired) electrons. The summed E-state index contributed by atoms with van der Waals surface area (Å²) in [6, 6.07) is 10.2. The number of halogens is 1. The molecule has 0 aliphatic rings. The Bertz CT molecular complexity index is 716. The SMILES string of the molecule is Cc1ccc(-c2nc(Cl)c3cc(C)sc3n2)cc1. The van der Waals surface area contributed by atoms with Crippen molar-refractivity contribution in [2.75, 3.05) is 0 Å². The van der Waals surface area contributed by atoms with Crippen molar-refractivity contribution in [2.24, 2.45) is 0 Å². The monoisotopic (exact) mass is 274 g/mol. The number of rotatable bonds is 1. The van der Waals surface area contributed by atoms with E-state index in [0.717, 1.165) is 15.8 Å². The van der Waals surface area contributed by atoms with Gasteiger partial charge < -0.3 is 0 Å². The van der Waals surface area contributed by atoms with Gasteiger partial charge in [0.2, 0.25) is 0 Å². The molecule has 3 aromatic rings. The fraction of sp³-hybridized carbons (Fsp3) is 0.143. The normalized spacial score (nSPS) is 11.1. The molecule has 18 heavy (non-hydrogen) atoms. The summed E-state index contributed by atoms with van der Waals surface area (Å²) in [5.41, 5.74) is 2.22. The van der Waals surface area contributed by atoms with Crippen LogP contribution in [0, 0.1) is 13.8 Å². The van der Waals surface area contributed by atoms with Crippen molar-refractivity contribution in [2.45, 2.75) is 13.8 Å². The Hall–Kier alpha value is -1.45. The standard InChI is InChI=1S/C14H11ClN2S/c1-8-3-5-10(6-4-8)13-16-12(15)11-7-9(2)18-14(11)17-13/h3-7H,1-2H3. The molecule has 2 nitrogen and oxygen atoms in total. The quantitative estimate of drug-likeness (QED) is 0.605. The molecule has 90 valence electrons. The van der Waals surface area contributed by atoms with Crippen LogP contribution in [0.25, 0.3) is 21.6 Å². The van der Waals surface area contributed by atoms with Gasteiger partial charge in [-0.1, -0.05) is 41.4 Å². The Morgan fingerprint density at radius 3 is 2.50 bits per heavy atom. The maximum Gasteiger partial charge on any atom is 0.162 e. The molecule has 2 aromatic heterocycles. The van der Waals surface area contributed by atoms with E-state index in [1.54, 1.807) is 11.3 Å². The highest BCUT2D eigenvalue weighted by molar-refractivity contribution is 7.18. The van der Waals surface area contributed by atoms with E-state index >= 15 is 0 Å². The van der Waals surface area contributed by atoms with Crippen LogP contribution in [-0.4, -0.2) is 9.97 Å². The van der Waals surface area contributed by atoms with Crippen LogP contribution in [0.2, 0.25) is 5.15 Å². The van der Waals surface area contributed by atoms with Crippen LogP contribution in [0.5, 0.6) is 0 Å². The first-order valence-corrected chi connectivity index (χ1v) is 6.83. The Kier molecular flexibility index (Phi) is 2.80. The summed E-state index contributed by atoms with van der Waals surface area (Å²) in [7, 11) is 0. The third-order valence-corrected chi connectivity index (χ3v) is 4.01. The maximum absolute atomic E-state index is 6.21. The second-order valence-corrected chi connectivity index (χ2v) is 5.87. The third-order valence-electron chi connectivity index (χ3n) is 2.78. The number of nitrogens with zero attached hydrogens (tertiary/aromatic N) is 2. The molecular formula is C14H11ClN2S. The topological polar surface area (TPSA) is 25.8 Å². The van der Waals surface area contributed by atoms with Gasteiger partial charge in [-0.15, -0.1) is 11.3 Å². The number of hydrogen-bond acceptors (Lipinski definition) is 3. The number of fused-ring (bicyclic) bond motifs is 1. The fourth-order valence-corrected chi connectivity index (χ4v) is 3.00. The van der Waals surface area contributed by atoms with E-state index in [-0.39, 0.29) is 0 Å². The number of aryl methyl sites for hydroxylation is 2. The summed E-state index contributed by atoms with van der Waals surface area (Å²) >= 11 is 7.85. The first-order chi connectivity index (χ1) is 8.63. The van der Waals surface area contributed by atoms with Gasteiger partial charge in [-0.05, 0) is 19.9 Å². The molecule has 0 aliphatic carbocycles. The van der Waals surface area contributed by atoms with Crippen LogP contribution in [0.1, 0.15) is 10.4 Å². The van der Waals surface area contributed by atoms with Gasteiger partial charge in [0.25, 0.3) is 0 Å². The first-order valence-electron chi connectivity index (χ1n) is 5.64. The molecule has 0 atom stereocenters. The van der Waals surface area contributed by atoms with Crippen LogP contribution in [0.15, 0.2) is 30.3 Å². The van der Waals surface area contributed by atoms with E-state index < -0.39 is 0 Å². The van der Waals surface area contributed by atoms with Gasteiger partial charge in [-0.25, -0.2) is 9.97 Å². The third kappa shape index (κ3) is 2.00. The Morgan fingerprint density at radius 2 is 1.78 bits per heavy atom. The molecule has 0 fully saturated rings. The molecule has 0 aliphatic heterocycles. The smallest absolute Gasteiger partial charge is 0.162 e. The molecule has 3 rings (SSSR count). The van der Waals surface area contributed by atoms with Gasteiger partial charge >= 0.3 is 0 Å². The largest absolute Gasteiger partial charge is 0.217 e. The van der Waals surface area contributed by atoms with Gasteiger partial charge in [0.05, 0.1) is 0 Å². The molecule has 1 aromatic carbocycles. The molecule has 2 heterocycles. The van der Waals surface area contributed by atoms with Crippen LogP contribution in [0.3, 0.4) is 0 Å². The summed E-state index contributed by atoms with van der Waals surface area (Å²) in [6.45, 7) is 4.11. The van der Waals surface area contributed by atoms with Crippen molar-refractivity contribution in [1.82, 2.24) is 9.97 Å². The minimum Gasteiger partial charge on any atom is -0.217 e. The number of hydrogen-bond donors (Lipinski definition) is 0. The van der Waals surface area contributed by atoms with Crippen molar-refractivity contribution >= 4 is 33.2 Å². The minimum absolute atomic E-state index is 0.528. The summed E-state index contributed by atoms with van der Waals surface area (Å²) in [5.74, 6) is 0.689. The van der Waals surface area contributed by atoms with Crippen molar-refractivity contribution in [3.05, 3.63) is 45.9 Å². The van der Waals surface area contributed by atoms with Crippen molar-refractivity contribution in [3.63, 3.8) is 0 Å². The summed E-state index contributed by atoms with van der Waals surface area (Å²) in [4.78, 5) is 11.1. The highest BCUT2D eigenvalue weighted by atomic mass is 35.5. The number of benzene rings is 1. The summed E-state index contributed by atoms with van der Waals surface area (Å²) in [5, 5.41) is 1.47. The number of aromatic nitrogens is 2. The summed E-state index contributed by atoms with van der Waals surface area (Å²) < 4.78 is 0. The average molecular weight is 275 g/mol. The van der Waals surface area contributed by atoms with Gasteiger partial charge in [-0.2, -0.15) is 0 Å². The van der Waals surface area contributed by atoms with E-state index in [4.69, 9.17) is 11.6 Å². The lowest BCUT2D eigenvalue weighted by Crippen LogP contribution is -1.89. The molecule has 0 unspecified atom stereocenters. The molecular weight excluding hydrogens is 264 g/mol. The highest BCUT2D eigenvalue weighted by Crippen LogP contribution is 2.30. The van der Waals surface area contributed by atoms with Crippen molar-refractivity contribution in [1.29, 1.82) is 0 Å². The van der Waals surface area contributed by atoms with Gasteiger partial charge in [0, 0.05) is 15.8 Å². The van der Waals surface area contributed by atoms with Crippen LogP contribution < -0.4 is 0 Å². The molecule has 0 spiro atoms. The highest BCUT2D eigenvalue weighted by Gasteiger charge is 2.10. The van der Waals surface area contributed by atoms with Crippen LogP contribution in [0.4, 0.5) is 0 Å². The van der Waals surface area contributed by atoms with E-state index in [0.29, 0.717) is 11.0 Å². The van der Waals surface area contributed by atoms with E-state index in [2.05, 4.69) is 29.0 Å². The summed E-state index contributed by atoms with van der Waals surface area (Å²) in [6.07, 6.45) is 0. The van der Waals surface area contributed by atoms with E-state index in [1.165, 1.54) is 10.4 Å². The van der Waals surface area contributed by atoms with Crippen LogP contribution >= 0.6 is 22.9 Å². The lowest BCUT2D eigenvalue weighted by atomic mass is 10.1. The van der Waals surface area contributed by atoms with Crippen molar-refractivity contribution < 1.29 is 0 Å². The first kappa shape index (κ1) is 11.6. The van der Waals surface area contributed by atoms with E-state index in [1.807, 2.05) is 25.1 Å². The Labute approximate surface area is 114 Å². The zero-order chi connectivity index (χ0) is 12.7. The van der Waals surface area contributed by atoms with E-state index in [9.17, 15) is 0 Å². The molecule has 4 heteroatoms. The van der Waals surface area contributed by atoms with Crippen LogP contribution in [-0.2, 0) is 0 Å². The zero-order valence-electron chi connectivity index (χ0n) is 10.1. The zero-order valence-corrected chi connectivity index (χ0v) is 11.6. The predicted octanol–water partition coefficient (Wildman–Crippen LogP) is 4.63. The molecule has 0 saturated carbocycles. The molecule has 0 N–H and O–H groups in total. The lowest BCUT2D eigenvalue weighted by molar-refractivity contribution is 1.24. The lowest BCUT2D eigenvalue weighted by Gasteiger charge is -2.02. The Morgan fingerprint density at radius 1 is 1.06 bits per heavy atom. The second kappa shape index (κ2) is 4.34.